The normalized spacial score (nSPS) is 13.2. The molecule has 124 valence electrons. The summed E-state index contributed by atoms with van der Waals surface area (Å²) in [6.45, 7) is 8.25. The zero-order valence-electron chi connectivity index (χ0n) is 14.4. The molecule has 2 heteroatoms. The molecular formula is C22H25NS. The number of anilines is 1. The molecule has 0 saturated carbocycles. The van der Waals surface area contributed by atoms with Gasteiger partial charge in [-0.3, -0.25) is 0 Å². The van der Waals surface area contributed by atoms with Crippen LogP contribution in [0.4, 0.5) is 5.69 Å². The number of nitrogens with two attached hydrogens (primary N) is 1. The van der Waals surface area contributed by atoms with Crippen LogP contribution in [0.2, 0.25) is 0 Å². The Kier molecular flexibility index (Phi) is 6.95. The van der Waals surface area contributed by atoms with Crippen LogP contribution in [-0.2, 0) is 0 Å². The second-order valence-corrected chi connectivity index (χ2v) is 6.70. The van der Waals surface area contributed by atoms with Crippen LogP contribution in [0.25, 0.3) is 4.91 Å². The highest BCUT2D eigenvalue weighted by Crippen LogP contribution is 2.40. The van der Waals surface area contributed by atoms with E-state index in [1.807, 2.05) is 30.4 Å². The Labute approximate surface area is 150 Å². The van der Waals surface area contributed by atoms with Gasteiger partial charge in [-0.1, -0.05) is 86.8 Å². The maximum absolute atomic E-state index is 6.17. The molecule has 2 N–H and O–H groups in total. The zero-order chi connectivity index (χ0) is 17.4. The molecule has 0 saturated heterocycles. The second-order valence-electron chi connectivity index (χ2n) is 5.62. The Morgan fingerprint density at radius 2 is 1.88 bits per heavy atom. The summed E-state index contributed by atoms with van der Waals surface area (Å²) in [6.07, 6.45) is 9.40. The van der Waals surface area contributed by atoms with Crippen molar-refractivity contribution in [3.63, 3.8) is 0 Å². The molecule has 0 spiro atoms. The van der Waals surface area contributed by atoms with E-state index in [1.54, 1.807) is 11.8 Å². The molecule has 0 heterocycles. The number of thioether (sulfide) groups is 1. The van der Waals surface area contributed by atoms with Gasteiger partial charge in [-0.05, 0) is 30.2 Å². The van der Waals surface area contributed by atoms with Crippen molar-refractivity contribution in [3.05, 3.63) is 90.5 Å². The van der Waals surface area contributed by atoms with E-state index >= 15 is 0 Å². The molecule has 0 bridgehead atoms. The Hall–Kier alpha value is -2.19. The first kappa shape index (κ1) is 18.2. The molecule has 0 aromatic heterocycles. The molecule has 2 rings (SSSR count). The first-order valence-electron chi connectivity index (χ1n) is 8.28. The Bertz CT molecular complexity index is 743. The van der Waals surface area contributed by atoms with Gasteiger partial charge in [0.2, 0.25) is 0 Å². The van der Waals surface area contributed by atoms with E-state index < -0.39 is 0 Å². The third kappa shape index (κ3) is 4.65. The second kappa shape index (κ2) is 9.19. The minimum Gasteiger partial charge on any atom is -0.398 e. The number of hydrogen-bond donors (Lipinski definition) is 1. The lowest BCUT2D eigenvalue weighted by atomic mass is 10.0. The summed E-state index contributed by atoms with van der Waals surface area (Å²) in [7, 11) is 0. The van der Waals surface area contributed by atoms with Crippen molar-refractivity contribution in [2.45, 2.75) is 31.1 Å². The molecule has 0 aliphatic heterocycles. The van der Waals surface area contributed by atoms with E-state index in [9.17, 15) is 0 Å². The average molecular weight is 336 g/mol. The van der Waals surface area contributed by atoms with E-state index in [2.05, 4.69) is 62.9 Å². The Morgan fingerprint density at radius 1 is 1.17 bits per heavy atom. The van der Waals surface area contributed by atoms with Crippen molar-refractivity contribution in [2.75, 3.05) is 5.73 Å². The molecule has 2 aromatic carbocycles. The number of rotatable bonds is 7. The quantitative estimate of drug-likeness (QED) is 0.265. The first-order chi connectivity index (χ1) is 11.7. The van der Waals surface area contributed by atoms with E-state index in [-0.39, 0.29) is 0 Å². The minimum atomic E-state index is 0.381. The van der Waals surface area contributed by atoms with Gasteiger partial charge in [0, 0.05) is 27.0 Å². The SMILES string of the molecule is C=C/C=C(\Sc1ccccc1C(C)/C=C\CC)c1ccccc1N. The minimum absolute atomic E-state index is 0.381. The largest absolute Gasteiger partial charge is 0.398 e. The molecule has 2 aromatic rings. The molecule has 0 fully saturated rings. The smallest absolute Gasteiger partial charge is 0.0399 e. The van der Waals surface area contributed by atoms with Crippen molar-refractivity contribution in [1.82, 2.24) is 0 Å². The van der Waals surface area contributed by atoms with Crippen molar-refractivity contribution >= 4 is 22.4 Å². The van der Waals surface area contributed by atoms with Gasteiger partial charge in [0.25, 0.3) is 0 Å². The van der Waals surface area contributed by atoms with Crippen LogP contribution in [-0.4, -0.2) is 0 Å². The molecule has 0 radical (unpaired) electrons. The lowest BCUT2D eigenvalue weighted by Gasteiger charge is -2.15. The van der Waals surface area contributed by atoms with Gasteiger partial charge in [-0.15, -0.1) is 0 Å². The summed E-state index contributed by atoms with van der Waals surface area (Å²) in [5, 5.41) is 0. The van der Waals surface area contributed by atoms with E-state index in [1.165, 1.54) is 10.5 Å². The first-order valence-corrected chi connectivity index (χ1v) is 9.10. The van der Waals surface area contributed by atoms with Crippen molar-refractivity contribution in [2.24, 2.45) is 0 Å². The molecule has 1 atom stereocenters. The van der Waals surface area contributed by atoms with E-state index in [0.29, 0.717) is 5.92 Å². The predicted octanol–water partition coefficient (Wildman–Crippen LogP) is 6.66. The summed E-state index contributed by atoms with van der Waals surface area (Å²) >= 11 is 1.74. The molecule has 0 aliphatic carbocycles. The van der Waals surface area contributed by atoms with Crippen LogP contribution >= 0.6 is 11.8 Å². The van der Waals surface area contributed by atoms with Crippen LogP contribution in [0.15, 0.2) is 84.3 Å². The lowest BCUT2D eigenvalue weighted by molar-refractivity contribution is 0.926. The highest BCUT2D eigenvalue weighted by Gasteiger charge is 2.12. The fraction of sp³-hybridized carbons (Fsp3) is 0.182. The summed E-state index contributed by atoms with van der Waals surface area (Å²) in [5.41, 5.74) is 9.34. The highest BCUT2D eigenvalue weighted by atomic mass is 32.2. The fourth-order valence-electron chi connectivity index (χ4n) is 2.52. The van der Waals surface area contributed by atoms with E-state index in [4.69, 9.17) is 5.73 Å². The van der Waals surface area contributed by atoms with Crippen LogP contribution < -0.4 is 5.73 Å². The summed E-state index contributed by atoms with van der Waals surface area (Å²) in [5.74, 6) is 0.381. The van der Waals surface area contributed by atoms with Crippen molar-refractivity contribution in [1.29, 1.82) is 0 Å². The molecule has 1 unspecified atom stereocenters. The molecular weight excluding hydrogens is 310 g/mol. The van der Waals surface area contributed by atoms with Gasteiger partial charge in [0.1, 0.15) is 0 Å². The molecule has 24 heavy (non-hydrogen) atoms. The average Bonchev–Trinajstić information content (AvgIpc) is 2.60. The summed E-state index contributed by atoms with van der Waals surface area (Å²) in [4.78, 5) is 2.37. The number of para-hydroxylation sites is 1. The van der Waals surface area contributed by atoms with Crippen LogP contribution in [0.3, 0.4) is 0 Å². The monoisotopic (exact) mass is 335 g/mol. The fourth-order valence-corrected chi connectivity index (χ4v) is 3.73. The molecule has 0 amide bonds. The number of hydrogen-bond acceptors (Lipinski definition) is 2. The van der Waals surface area contributed by atoms with Crippen molar-refractivity contribution < 1.29 is 0 Å². The van der Waals surface area contributed by atoms with Crippen LogP contribution in [0.1, 0.15) is 37.3 Å². The maximum atomic E-state index is 6.17. The van der Waals surface area contributed by atoms with Crippen molar-refractivity contribution in [3.8, 4) is 0 Å². The molecule has 1 nitrogen and oxygen atoms in total. The number of benzene rings is 2. The van der Waals surface area contributed by atoms with Gasteiger partial charge >= 0.3 is 0 Å². The molecule has 0 aliphatic rings. The Morgan fingerprint density at radius 3 is 2.58 bits per heavy atom. The van der Waals surface area contributed by atoms with Gasteiger partial charge in [0.05, 0.1) is 0 Å². The number of nitrogen functional groups attached to an aromatic ring is 1. The third-order valence-corrected chi connectivity index (χ3v) is 4.95. The van der Waals surface area contributed by atoms with Gasteiger partial charge in [-0.2, -0.15) is 0 Å². The number of allylic oxidation sites excluding steroid dienone is 4. The van der Waals surface area contributed by atoms with Gasteiger partial charge in [-0.25, -0.2) is 0 Å². The third-order valence-electron chi connectivity index (χ3n) is 3.79. The predicted molar refractivity (Wildman–Crippen MR) is 109 cm³/mol. The Balaban J connectivity index is 2.38. The maximum Gasteiger partial charge on any atom is 0.0399 e. The van der Waals surface area contributed by atoms with Crippen LogP contribution in [0.5, 0.6) is 0 Å². The van der Waals surface area contributed by atoms with E-state index in [0.717, 1.165) is 22.6 Å². The summed E-state index contributed by atoms with van der Waals surface area (Å²) < 4.78 is 0. The topological polar surface area (TPSA) is 26.0 Å². The van der Waals surface area contributed by atoms with Crippen LogP contribution in [0, 0.1) is 0 Å². The standard InChI is InChI=1S/C22H25NS/c1-4-6-12-17(3)18-13-8-10-16-22(18)24-21(11-5-2)19-14-7-9-15-20(19)23/h5-17H,2,4,23H2,1,3H3/b12-6-,21-11-. The van der Waals surface area contributed by atoms with Gasteiger partial charge in [0.15, 0.2) is 0 Å². The van der Waals surface area contributed by atoms with Gasteiger partial charge < -0.3 is 5.73 Å². The zero-order valence-corrected chi connectivity index (χ0v) is 15.2. The lowest BCUT2D eigenvalue weighted by Crippen LogP contribution is -1.94. The summed E-state index contributed by atoms with van der Waals surface area (Å²) in [6, 6.07) is 16.5. The highest BCUT2D eigenvalue weighted by molar-refractivity contribution is 8.08.